The highest BCUT2D eigenvalue weighted by Gasteiger charge is 2.16. The SMILES string of the molecule is Cc1cccc(NC(=O)CNS(=O)(=O)c2ccc(Cl)c(C)c2)c1. The molecule has 0 bridgehead atoms. The van der Waals surface area contributed by atoms with Gasteiger partial charge >= 0.3 is 0 Å². The molecule has 0 saturated carbocycles. The number of carbonyl (C=O) groups is 1. The van der Waals surface area contributed by atoms with Gasteiger partial charge in [-0.1, -0.05) is 23.7 Å². The number of rotatable bonds is 5. The molecule has 122 valence electrons. The van der Waals surface area contributed by atoms with Crippen LogP contribution in [0.4, 0.5) is 5.69 Å². The summed E-state index contributed by atoms with van der Waals surface area (Å²) in [6.07, 6.45) is 0. The van der Waals surface area contributed by atoms with E-state index in [1.165, 1.54) is 18.2 Å². The van der Waals surface area contributed by atoms with Crippen LogP contribution in [0.1, 0.15) is 11.1 Å². The highest BCUT2D eigenvalue weighted by Crippen LogP contribution is 2.19. The molecule has 1 amide bonds. The van der Waals surface area contributed by atoms with Crippen molar-refractivity contribution in [2.45, 2.75) is 18.7 Å². The first-order valence-corrected chi connectivity index (χ1v) is 8.76. The Balaban J connectivity index is 2.01. The summed E-state index contributed by atoms with van der Waals surface area (Å²) < 4.78 is 26.6. The molecule has 5 nitrogen and oxygen atoms in total. The van der Waals surface area contributed by atoms with Gasteiger partial charge in [0.1, 0.15) is 0 Å². The van der Waals surface area contributed by atoms with Crippen LogP contribution in [0.15, 0.2) is 47.4 Å². The van der Waals surface area contributed by atoms with E-state index >= 15 is 0 Å². The lowest BCUT2D eigenvalue weighted by molar-refractivity contribution is -0.115. The molecule has 7 heteroatoms. The van der Waals surface area contributed by atoms with Gasteiger partial charge in [0.2, 0.25) is 15.9 Å². The van der Waals surface area contributed by atoms with E-state index in [-0.39, 0.29) is 11.4 Å². The van der Waals surface area contributed by atoms with Gasteiger partial charge in [-0.25, -0.2) is 13.1 Å². The number of amides is 1. The third-order valence-electron chi connectivity index (χ3n) is 3.16. The fourth-order valence-corrected chi connectivity index (χ4v) is 3.14. The van der Waals surface area contributed by atoms with Crippen LogP contribution in [0.25, 0.3) is 0 Å². The Labute approximate surface area is 140 Å². The molecule has 0 atom stereocenters. The van der Waals surface area contributed by atoms with Crippen LogP contribution >= 0.6 is 11.6 Å². The standard InChI is InChI=1S/C16H17ClN2O3S/c1-11-4-3-5-13(8-11)19-16(20)10-18-23(21,22)14-6-7-15(17)12(2)9-14/h3-9,18H,10H2,1-2H3,(H,19,20). The molecule has 0 heterocycles. The van der Waals surface area contributed by atoms with Gasteiger partial charge in [-0.3, -0.25) is 4.79 Å². The quantitative estimate of drug-likeness (QED) is 0.868. The Morgan fingerprint density at radius 1 is 1.13 bits per heavy atom. The summed E-state index contributed by atoms with van der Waals surface area (Å²) in [7, 11) is -3.76. The molecule has 0 aliphatic rings. The number of carbonyl (C=O) groups excluding carboxylic acids is 1. The van der Waals surface area contributed by atoms with Crippen LogP contribution in [0.3, 0.4) is 0 Å². The van der Waals surface area contributed by atoms with Gasteiger partial charge in [-0.15, -0.1) is 0 Å². The number of nitrogens with one attached hydrogen (secondary N) is 2. The van der Waals surface area contributed by atoms with Crippen LogP contribution in [-0.4, -0.2) is 20.9 Å². The second kappa shape index (κ2) is 7.12. The topological polar surface area (TPSA) is 75.3 Å². The third kappa shape index (κ3) is 4.79. The van der Waals surface area contributed by atoms with E-state index in [1.807, 2.05) is 19.1 Å². The van der Waals surface area contributed by atoms with Crippen molar-refractivity contribution in [2.24, 2.45) is 0 Å². The maximum absolute atomic E-state index is 12.2. The summed E-state index contributed by atoms with van der Waals surface area (Å²) in [5.74, 6) is -0.440. The molecular weight excluding hydrogens is 336 g/mol. The molecule has 0 aliphatic carbocycles. The molecule has 0 spiro atoms. The molecule has 0 aromatic heterocycles. The van der Waals surface area contributed by atoms with E-state index in [2.05, 4.69) is 10.0 Å². The summed E-state index contributed by atoms with van der Waals surface area (Å²) in [5, 5.41) is 3.13. The maximum atomic E-state index is 12.2. The smallest absolute Gasteiger partial charge is 0.241 e. The molecule has 0 aliphatic heterocycles. The molecule has 0 radical (unpaired) electrons. The fourth-order valence-electron chi connectivity index (χ4n) is 1.96. The van der Waals surface area contributed by atoms with Crippen molar-refractivity contribution < 1.29 is 13.2 Å². The maximum Gasteiger partial charge on any atom is 0.241 e. The lowest BCUT2D eigenvalue weighted by Gasteiger charge is -2.09. The number of anilines is 1. The zero-order valence-electron chi connectivity index (χ0n) is 12.8. The zero-order chi connectivity index (χ0) is 17.0. The van der Waals surface area contributed by atoms with Crippen LogP contribution in [0.2, 0.25) is 5.02 Å². The summed E-state index contributed by atoms with van der Waals surface area (Å²) in [6.45, 7) is 3.27. The molecule has 2 aromatic rings. The summed E-state index contributed by atoms with van der Waals surface area (Å²) in [4.78, 5) is 11.9. The molecule has 23 heavy (non-hydrogen) atoms. The molecule has 2 rings (SSSR count). The molecule has 2 N–H and O–H groups in total. The number of hydrogen-bond donors (Lipinski definition) is 2. The first-order chi connectivity index (χ1) is 10.8. The average Bonchev–Trinajstić information content (AvgIpc) is 2.48. The van der Waals surface area contributed by atoms with Crippen molar-refractivity contribution in [1.82, 2.24) is 4.72 Å². The molecule has 0 saturated heterocycles. The van der Waals surface area contributed by atoms with Crippen LogP contribution in [0, 0.1) is 13.8 Å². The van der Waals surface area contributed by atoms with Gasteiger partial charge in [-0.05, 0) is 55.3 Å². The van der Waals surface area contributed by atoms with E-state index in [0.29, 0.717) is 16.3 Å². The third-order valence-corrected chi connectivity index (χ3v) is 4.99. The minimum Gasteiger partial charge on any atom is -0.325 e. The van der Waals surface area contributed by atoms with Gasteiger partial charge in [0.25, 0.3) is 0 Å². The Kier molecular flexibility index (Phi) is 5.41. The van der Waals surface area contributed by atoms with Crippen molar-refractivity contribution in [1.29, 1.82) is 0 Å². The molecule has 0 unspecified atom stereocenters. The minimum absolute atomic E-state index is 0.0720. The van der Waals surface area contributed by atoms with Crippen molar-refractivity contribution in [3.63, 3.8) is 0 Å². The van der Waals surface area contributed by atoms with E-state index < -0.39 is 15.9 Å². The van der Waals surface area contributed by atoms with Crippen LogP contribution in [-0.2, 0) is 14.8 Å². The highest BCUT2D eigenvalue weighted by molar-refractivity contribution is 7.89. The number of benzene rings is 2. The van der Waals surface area contributed by atoms with Crippen molar-refractivity contribution in [2.75, 3.05) is 11.9 Å². The largest absolute Gasteiger partial charge is 0.325 e. The molecule has 2 aromatic carbocycles. The minimum atomic E-state index is -3.76. The fraction of sp³-hybridized carbons (Fsp3) is 0.188. The Bertz CT molecular complexity index is 835. The van der Waals surface area contributed by atoms with Gasteiger partial charge in [0.15, 0.2) is 0 Å². The van der Waals surface area contributed by atoms with E-state index in [4.69, 9.17) is 11.6 Å². The number of hydrogen-bond acceptors (Lipinski definition) is 3. The normalized spacial score (nSPS) is 11.3. The van der Waals surface area contributed by atoms with Crippen molar-refractivity contribution in [3.05, 3.63) is 58.6 Å². The number of halogens is 1. The van der Waals surface area contributed by atoms with Gasteiger partial charge in [0.05, 0.1) is 11.4 Å². The number of aryl methyl sites for hydroxylation is 2. The first kappa shape index (κ1) is 17.5. The Hall–Kier alpha value is -1.89. The molecule has 0 fully saturated rings. The monoisotopic (exact) mass is 352 g/mol. The van der Waals surface area contributed by atoms with Gasteiger partial charge < -0.3 is 5.32 Å². The average molecular weight is 353 g/mol. The van der Waals surface area contributed by atoms with Crippen molar-refractivity contribution >= 4 is 33.2 Å². The van der Waals surface area contributed by atoms with E-state index in [9.17, 15) is 13.2 Å². The van der Waals surface area contributed by atoms with Gasteiger partial charge in [0, 0.05) is 10.7 Å². The van der Waals surface area contributed by atoms with Crippen LogP contribution in [0.5, 0.6) is 0 Å². The lowest BCUT2D eigenvalue weighted by Crippen LogP contribution is -2.32. The van der Waals surface area contributed by atoms with E-state index in [1.54, 1.807) is 19.1 Å². The summed E-state index contributed by atoms with van der Waals surface area (Å²) >= 11 is 5.88. The summed E-state index contributed by atoms with van der Waals surface area (Å²) in [5.41, 5.74) is 2.27. The summed E-state index contributed by atoms with van der Waals surface area (Å²) in [6, 6.07) is 11.6. The zero-order valence-corrected chi connectivity index (χ0v) is 14.3. The Morgan fingerprint density at radius 3 is 2.52 bits per heavy atom. The number of sulfonamides is 1. The first-order valence-electron chi connectivity index (χ1n) is 6.90. The predicted octanol–water partition coefficient (Wildman–Crippen LogP) is 2.87. The highest BCUT2D eigenvalue weighted by atomic mass is 35.5. The van der Waals surface area contributed by atoms with Crippen molar-refractivity contribution in [3.8, 4) is 0 Å². The predicted molar refractivity (Wildman–Crippen MR) is 91.2 cm³/mol. The Morgan fingerprint density at radius 2 is 1.87 bits per heavy atom. The molecular formula is C16H17ClN2O3S. The second-order valence-corrected chi connectivity index (χ2v) is 7.33. The lowest BCUT2D eigenvalue weighted by atomic mass is 10.2. The second-order valence-electron chi connectivity index (χ2n) is 5.15. The van der Waals surface area contributed by atoms with Crippen LogP contribution < -0.4 is 10.0 Å². The van der Waals surface area contributed by atoms with E-state index in [0.717, 1.165) is 5.56 Å². The van der Waals surface area contributed by atoms with Gasteiger partial charge in [-0.2, -0.15) is 0 Å².